The first-order valence-corrected chi connectivity index (χ1v) is 5.99. The Morgan fingerprint density at radius 2 is 2.27 bits per heavy atom. The van der Waals surface area contributed by atoms with E-state index in [4.69, 9.17) is 4.74 Å². The molecule has 0 aliphatic heterocycles. The van der Waals surface area contributed by atoms with Gasteiger partial charge < -0.3 is 9.84 Å². The molecule has 84 valence electrons. The lowest BCUT2D eigenvalue weighted by Gasteiger charge is -2.38. The molecular weight excluding hydrogens is 192 g/mol. The maximum atomic E-state index is 11.4. The van der Waals surface area contributed by atoms with E-state index >= 15 is 0 Å². The zero-order valence-corrected chi connectivity index (χ0v) is 9.16. The SMILES string of the molecule is CCC(=O)OC12CC3CC(C1)C(O)(C3)C2. The molecule has 4 atom stereocenters. The molecule has 4 saturated carbocycles. The summed E-state index contributed by atoms with van der Waals surface area (Å²) in [7, 11) is 0. The van der Waals surface area contributed by atoms with Crippen molar-refractivity contribution in [2.75, 3.05) is 0 Å². The highest BCUT2D eigenvalue weighted by Crippen LogP contribution is 2.63. The fraction of sp³-hybridized carbons (Fsp3) is 0.917. The lowest BCUT2D eigenvalue weighted by molar-refractivity contribution is -0.166. The fourth-order valence-electron chi connectivity index (χ4n) is 4.21. The third-order valence-corrected chi connectivity index (χ3v) is 4.55. The van der Waals surface area contributed by atoms with Crippen LogP contribution in [0.2, 0.25) is 0 Å². The molecular formula is C12H18O3. The molecule has 0 amide bonds. The first-order valence-electron chi connectivity index (χ1n) is 5.99. The minimum absolute atomic E-state index is 0.111. The summed E-state index contributed by atoms with van der Waals surface area (Å²) >= 11 is 0. The average molecular weight is 210 g/mol. The molecule has 3 nitrogen and oxygen atoms in total. The summed E-state index contributed by atoms with van der Waals surface area (Å²) in [4.78, 5) is 11.4. The number of carbonyl (C=O) groups is 1. The number of hydrogen-bond donors (Lipinski definition) is 1. The van der Waals surface area contributed by atoms with Crippen LogP contribution in [-0.4, -0.2) is 22.3 Å². The van der Waals surface area contributed by atoms with E-state index < -0.39 is 5.60 Å². The lowest BCUT2D eigenvalue weighted by Crippen LogP contribution is -2.41. The van der Waals surface area contributed by atoms with Crippen LogP contribution in [-0.2, 0) is 9.53 Å². The van der Waals surface area contributed by atoms with Gasteiger partial charge >= 0.3 is 5.97 Å². The van der Waals surface area contributed by atoms with Crippen LogP contribution in [0.4, 0.5) is 0 Å². The zero-order chi connectivity index (χ0) is 10.7. The highest BCUT2D eigenvalue weighted by molar-refractivity contribution is 5.69. The Hall–Kier alpha value is -0.570. The van der Waals surface area contributed by atoms with Gasteiger partial charge in [0.2, 0.25) is 0 Å². The Bertz CT molecular complexity index is 314. The Kier molecular flexibility index (Phi) is 1.77. The van der Waals surface area contributed by atoms with Crippen LogP contribution in [0.15, 0.2) is 0 Å². The van der Waals surface area contributed by atoms with Crippen LogP contribution >= 0.6 is 0 Å². The van der Waals surface area contributed by atoms with Gasteiger partial charge in [0.05, 0.1) is 5.60 Å². The molecule has 0 spiro atoms. The van der Waals surface area contributed by atoms with Crippen LogP contribution < -0.4 is 0 Å². The summed E-state index contributed by atoms with van der Waals surface area (Å²) in [6.45, 7) is 1.82. The number of rotatable bonds is 2. The van der Waals surface area contributed by atoms with Crippen molar-refractivity contribution in [2.24, 2.45) is 11.8 Å². The topological polar surface area (TPSA) is 46.5 Å². The zero-order valence-electron chi connectivity index (χ0n) is 9.16. The average Bonchev–Trinajstić information content (AvgIpc) is 2.46. The summed E-state index contributed by atoms with van der Waals surface area (Å²) in [5.41, 5.74) is -0.801. The summed E-state index contributed by atoms with van der Waals surface area (Å²) in [6.07, 6.45) is 5.08. The van der Waals surface area contributed by atoms with Gasteiger partial charge in [0, 0.05) is 12.8 Å². The Morgan fingerprint density at radius 1 is 1.47 bits per heavy atom. The summed E-state index contributed by atoms with van der Waals surface area (Å²) in [6, 6.07) is 0. The standard InChI is InChI=1S/C12H18O3/c1-2-10(13)15-11-4-8-3-9(6-11)12(14,5-8)7-11/h8-9,14H,2-7H2,1H3. The van der Waals surface area contributed by atoms with E-state index in [1.807, 2.05) is 6.92 Å². The maximum Gasteiger partial charge on any atom is 0.306 e. The fourth-order valence-corrected chi connectivity index (χ4v) is 4.21. The van der Waals surface area contributed by atoms with Crippen LogP contribution in [0.5, 0.6) is 0 Å². The number of aliphatic hydroxyl groups is 1. The highest BCUT2D eigenvalue weighted by Gasteiger charge is 2.65. The predicted molar refractivity (Wildman–Crippen MR) is 54.1 cm³/mol. The molecule has 3 heteroatoms. The van der Waals surface area contributed by atoms with Gasteiger partial charge in [-0.1, -0.05) is 6.92 Å². The summed E-state index contributed by atoms with van der Waals surface area (Å²) in [5.74, 6) is 0.869. The molecule has 0 heterocycles. The lowest BCUT2D eigenvalue weighted by atomic mass is 9.77. The molecule has 0 aromatic carbocycles. The van der Waals surface area contributed by atoms with Crippen molar-refractivity contribution in [2.45, 2.75) is 56.7 Å². The second kappa shape index (κ2) is 2.76. The van der Waals surface area contributed by atoms with Crippen molar-refractivity contribution in [3.63, 3.8) is 0 Å². The number of ether oxygens (including phenoxy) is 1. The van der Waals surface area contributed by atoms with Crippen LogP contribution in [0, 0.1) is 11.8 Å². The molecule has 0 aromatic rings. The molecule has 0 radical (unpaired) electrons. The van der Waals surface area contributed by atoms with E-state index in [0.29, 0.717) is 24.7 Å². The van der Waals surface area contributed by atoms with Crippen molar-refractivity contribution in [1.82, 2.24) is 0 Å². The Morgan fingerprint density at radius 3 is 2.87 bits per heavy atom. The van der Waals surface area contributed by atoms with Crippen molar-refractivity contribution in [1.29, 1.82) is 0 Å². The van der Waals surface area contributed by atoms with E-state index in [2.05, 4.69) is 0 Å². The van der Waals surface area contributed by atoms with Crippen LogP contribution in [0.1, 0.15) is 45.4 Å². The monoisotopic (exact) mass is 210 g/mol. The summed E-state index contributed by atoms with van der Waals surface area (Å²) < 4.78 is 5.59. The maximum absolute atomic E-state index is 11.4. The van der Waals surface area contributed by atoms with Gasteiger partial charge in [0.25, 0.3) is 0 Å². The third-order valence-electron chi connectivity index (χ3n) is 4.55. The van der Waals surface area contributed by atoms with Crippen molar-refractivity contribution in [3.05, 3.63) is 0 Å². The predicted octanol–water partition coefficient (Wildman–Crippen LogP) is 1.63. The van der Waals surface area contributed by atoms with E-state index in [1.165, 1.54) is 0 Å². The Labute approximate surface area is 89.8 Å². The minimum Gasteiger partial charge on any atom is -0.459 e. The molecule has 4 fully saturated rings. The first-order chi connectivity index (χ1) is 7.05. The van der Waals surface area contributed by atoms with Crippen molar-refractivity contribution in [3.8, 4) is 0 Å². The minimum atomic E-state index is -0.503. The van der Waals surface area contributed by atoms with Gasteiger partial charge in [-0.3, -0.25) is 4.79 Å². The molecule has 4 unspecified atom stereocenters. The molecule has 0 saturated heterocycles. The smallest absolute Gasteiger partial charge is 0.306 e. The van der Waals surface area contributed by atoms with Crippen molar-refractivity contribution >= 4 is 5.97 Å². The molecule has 4 aliphatic carbocycles. The molecule has 1 N–H and O–H groups in total. The quantitative estimate of drug-likeness (QED) is 0.705. The third kappa shape index (κ3) is 1.25. The number of carbonyl (C=O) groups excluding carboxylic acids is 1. The van der Waals surface area contributed by atoms with E-state index in [-0.39, 0.29) is 11.6 Å². The Balaban J connectivity index is 1.82. The van der Waals surface area contributed by atoms with Gasteiger partial charge in [-0.2, -0.15) is 0 Å². The molecule has 4 bridgehead atoms. The van der Waals surface area contributed by atoms with Crippen LogP contribution in [0.25, 0.3) is 0 Å². The molecule has 0 aromatic heterocycles. The van der Waals surface area contributed by atoms with Crippen molar-refractivity contribution < 1.29 is 14.6 Å². The largest absolute Gasteiger partial charge is 0.459 e. The van der Waals surface area contributed by atoms with Gasteiger partial charge in [0.15, 0.2) is 0 Å². The number of esters is 1. The first kappa shape index (κ1) is 9.64. The summed E-state index contributed by atoms with van der Waals surface area (Å²) in [5, 5.41) is 10.4. The van der Waals surface area contributed by atoms with E-state index in [1.54, 1.807) is 0 Å². The second-order valence-corrected chi connectivity index (χ2v) is 5.70. The van der Waals surface area contributed by atoms with Gasteiger partial charge in [-0.15, -0.1) is 0 Å². The second-order valence-electron chi connectivity index (χ2n) is 5.70. The highest BCUT2D eigenvalue weighted by atomic mass is 16.6. The number of hydrogen-bond acceptors (Lipinski definition) is 3. The van der Waals surface area contributed by atoms with E-state index in [0.717, 1.165) is 25.7 Å². The molecule has 4 rings (SSSR count). The normalized spacial score (nSPS) is 51.1. The molecule has 15 heavy (non-hydrogen) atoms. The van der Waals surface area contributed by atoms with Gasteiger partial charge in [-0.05, 0) is 37.5 Å². The molecule has 4 aliphatic rings. The van der Waals surface area contributed by atoms with Gasteiger partial charge in [0.1, 0.15) is 5.60 Å². The van der Waals surface area contributed by atoms with Crippen LogP contribution in [0.3, 0.4) is 0 Å². The van der Waals surface area contributed by atoms with Gasteiger partial charge in [-0.25, -0.2) is 0 Å². The van der Waals surface area contributed by atoms with E-state index in [9.17, 15) is 9.90 Å².